The molecule has 116 valence electrons. The van der Waals surface area contributed by atoms with Crippen LogP contribution in [0, 0.1) is 0 Å². The number of hydrogen-bond acceptors (Lipinski definition) is 4. The normalized spacial score (nSPS) is 15.1. The number of carbonyl (C=O) groups excluding carboxylic acids is 1. The van der Waals surface area contributed by atoms with Crippen LogP contribution in [0.5, 0.6) is 0 Å². The third kappa shape index (κ3) is 3.03. The van der Waals surface area contributed by atoms with Crippen molar-refractivity contribution in [2.75, 3.05) is 0 Å². The molecule has 0 bridgehead atoms. The molecule has 1 amide bonds. The number of aromatic carboxylic acids is 1. The van der Waals surface area contributed by atoms with E-state index in [4.69, 9.17) is 9.52 Å². The van der Waals surface area contributed by atoms with Crippen LogP contribution in [0.3, 0.4) is 0 Å². The fourth-order valence-electron chi connectivity index (χ4n) is 2.68. The van der Waals surface area contributed by atoms with E-state index in [1.165, 1.54) is 25.0 Å². The molecule has 2 heterocycles. The fraction of sp³-hybridized carbons (Fsp3) is 0.400. The highest BCUT2D eigenvalue weighted by atomic mass is 16.4. The lowest BCUT2D eigenvalue weighted by Crippen LogP contribution is -2.23. The van der Waals surface area contributed by atoms with Gasteiger partial charge in [0.05, 0.1) is 12.6 Å². The molecule has 1 aliphatic rings. The van der Waals surface area contributed by atoms with Crippen molar-refractivity contribution in [3.63, 3.8) is 0 Å². The molecule has 7 nitrogen and oxygen atoms in total. The topological polar surface area (TPSA) is 97.4 Å². The summed E-state index contributed by atoms with van der Waals surface area (Å²) < 4.78 is 6.94. The van der Waals surface area contributed by atoms with Gasteiger partial charge in [-0.1, -0.05) is 12.8 Å². The second kappa shape index (κ2) is 6.05. The third-order valence-corrected chi connectivity index (χ3v) is 3.84. The SMILES string of the molecule is O=C(NCc1ccc(C(=O)O)o1)c1ccn(C2CCCC2)n1. The Morgan fingerprint density at radius 2 is 2.09 bits per heavy atom. The molecule has 2 aromatic rings. The van der Waals surface area contributed by atoms with Gasteiger partial charge >= 0.3 is 5.97 Å². The number of amides is 1. The number of hydrogen-bond donors (Lipinski definition) is 2. The van der Waals surface area contributed by atoms with E-state index in [1.807, 2.05) is 10.9 Å². The molecule has 0 unspecified atom stereocenters. The van der Waals surface area contributed by atoms with Gasteiger partial charge in [0, 0.05) is 6.20 Å². The van der Waals surface area contributed by atoms with Gasteiger partial charge in [-0.2, -0.15) is 5.10 Å². The zero-order chi connectivity index (χ0) is 15.5. The van der Waals surface area contributed by atoms with E-state index in [-0.39, 0.29) is 18.2 Å². The molecule has 1 saturated carbocycles. The van der Waals surface area contributed by atoms with Gasteiger partial charge in [0.25, 0.3) is 5.91 Å². The number of carbonyl (C=O) groups is 2. The molecule has 0 saturated heterocycles. The molecular weight excluding hydrogens is 286 g/mol. The number of rotatable bonds is 5. The van der Waals surface area contributed by atoms with Crippen LogP contribution in [0.2, 0.25) is 0 Å². The highest BCUT2D eigenvalue weighted by molar-refractivity contribution is 5.92. The van der Waals surface area contributed by atoms with E-state index in [2.05, 4.69) is 10.4 Å². The third-order valence-electron chi connectivity index (χ3n) is 3.84. The van der Waals surface area contributed by atoms with Crippen molar-refractivity contribution in [1.82, 2.24) is 15.1 Å². The Hall–Kier alpha value is -2.57. The van der Waals surface area contributed by atoms with Gasteiger partial charge in [-0.15, -0.1) is 0 Å². The summed E-state index contributed by atoms with van der Waals surface area (Å²) in [6.45, 7) is 0.127. The second-order valence-corrected chi connectivity index (χ2v) is 5.37. The smallest absolute Gasteiger partial charge is 0.371 e. The quantitative estimate of drug-likeness (QED) is 0.882. The molecule has 0 aromatic carbocycles. The highest BCUT2D eigenvalue weighted by Crippen LogP contribution is 2.28. The number of nitrogens with zero attached hydrogens (tertiary/aromatic N) is 2. The molecular formula is C15H17N3O4. The first-order chi connectivity index (χ1) is 10.6. The van der Waals surface area contributed by atoms with Crippen LogP contribution in [0.15, 0.2) is 28.8 Å². The van der Waals surface area contributed by atoms with E-state index < -0.39 is 5.97 Å². The average Bonchev–Trinajstić information content (AvgIpc) is 3.23. The van der Waals surface area contributed by atoms with Gasteiger partial charge in [-0.05, 0) is 31.0 Å². The van der Waals surface area contributed by atoms with Crippen molar-refractivity contribution in [2.45, 2.75) is 38.3 Å². The Morgan fingerprint density at radius 1 is 1.32 bits per heavy atom. The first-order valence-electron chi connectivity index (χ1n) is 7.29. The lowest BCUT2D eigenvalue weighted by molar-refractivity contribution is 0.0660. The molecule has 22 heavy (non-hydrogen) atoms. The monoisotopic (exact) mass is 303 g/mol. The summed E-state index contributed by atoms with van der Waals surface area (Å²) in [5.41, 5.74) is 0.358. The molecule has 7 heteroatoms. The van der Waals surface area contributed by atoms with Gasteiger partial charge in [-0.3, -0.25) is 9.48 Å². The van der Waals surface area contributed by atoms with Gasteiger partial charge in [0.1, 0.15) is 11.5 Å². The highest BCUT2D eigenvalue weighted by Gasteiger charge is 2.19. The van der Waals surface area contributed by atoms with Crippen LogP contribution < -0.4 is 5.32 Å². The van der Waals surface area contributed by atoms with Crippen LogP contribution in [0.4, 0.5) is 0 Å². The largest absolute Gasteiger partial charge is 0.475 e. The molecule has 2 aromatic heterocycles. The zero-order valence-electron chi connectivity index (χ0n) is 12.0. The molecule has 0 aliphatic heterocycles. The minimum Gasteiger partial charge on any atom is -0.475 e. The maximum Gasteiger partial charge on any atom is 0.371 e. The van der Waals surface area contributed by atoms with Gasteiger partial charge in [0.15, 0.2) is 0 Å². The van der Waals surface area contributed by atoms with Gasteiger partial charge in [0.2, 0.25) is 5.76 Å². The number of nitrogens with one attached hydrogen (secondary N) is 1. The van der Waals surface area contributed by atoms with Crippen molar-refractivity contribution in [1.29, 1.82) is 0 Å². The van der Waals surface area contributed by atoms with Gasteiger partial charge in [-0.25, -0.2) is 4.79 Å². The minimum absolute atomic E-state index is 0.127. The summed E-state index contributed by atoms with van der Waals surface area (Å²) in [6, 6.07) is 4.97. The standard InChI is InChI=1S/C15H17N3O4/c19-14(16-9-11-5-6-13(22-11)15(20)21)12-7-8-18(17-12)10-3-1-2-4-10/h5-8,10H,1-4,9H2,(H,16,19)(H,20,21). The summed E-state index contributed by atoms with van der Waals surface area (Å²) in [5, 5.41) is 15.8. The molecule has 0 spiro atoms. The van der Waals surface area contributed by atoms with Crippen molar-refractivity contribution in [3.05, 3.63) is 41.6 Å². The van der Waals surface area contributed by atoms with Crippen LogP contribution in [-0.4, -0.2) is 26.8 Å². The lowest BCUT2D eigenvalue weighted by atomic mass is 10.3. The fourth-order valence-corrected chi connectivity index (χ4v) is 2.68. The van der Waals surface area contributed by atoms with Crippen molar-refractivity contribution in [3.8, 4) is 0 Å². The zero-order valence-corrected chi connectivity index (χ0v) is 12.0. The molecule has 1 aliphatic carbocycles. The van der Waals surface area contributed by atoms with E-state index in [0.29, 0.717) is 17.5 Å². The Bertz CT molecular complexity index is 683. The Balaban J connectivity index is 1.58. The summed E-state index contributed by atoms with van der Waals surface area (Å²) in [7, 11) is 0. The minimum atomic E-state index is -1.13. The average molecular weight is 303 g/mol. The second-order valence-electron chi connectivity index (χ2n) is 5.37. The maximum atomic E-state index is 12.0. The Morgan fingerprint density at radius 3 is 2.77 bits per heavy atom. The van der Waals surface area contributed by atoms with Gasteiger partial charge < -0.3 is 14.8 Å². The Kier molecular flexibility index (Phi) is 3.95. The molecule has 0 atom stereocenters. The number of carboxylic acids is 1. The first kappa shape index (κ1) is 14.4. The predicted octanol–water partition coefficient (Wildman–Crippen LogP) is 2.22. The lowest BCUT2D eigenvalue weighted by Gasteiger charge is -2.08. The van der Waals surface area contributed by atoms with Crippen LogP contribution in [0.1, 0.15) is 58.5 Å². The molecule has 2 N–H and O–H groups in total. The van der Waals surface area contributed by atoms with E-state index >= 15 is 0 Å². The summed E-state index contributed by atoms with van der Waals surface area (Å²) in [6.07, 6.45) is 6.45. The van der Waals surface area contributed by atoms with Crippen LogP contribution in [0.25, 0.3) is 0 Å². The summed E-state index contributed by atoms with van der Waals surface area (Å²) in [4.78, 5) is 22.8. The number of aromatic nitrogens is 2. The molecule has 3 rings (SSSR count). The van der Waals surface area contributed by atoms with Crippen molar-refractivity contribution < 1.29 is 19.1 Å². The molecule has 1 fully saturated rings. The van der Waals surface area contributed by atoms with Crippen LogP contribution in [-0.2, 0) is 6.54 Å². The van der Waals surface area contributed by atoms with Crippen molar-refractivity contribution >= 4 is 11.9 Å². The van der Waals surface area contributed by atoms with Crippen LogP contribution >= 0.6 is 0 Å². The summed E-state index contributed by atoms with van der Waals surface area (Å²) in [5.74, 6) is -1.19. The first-order valence-corrected chi connectivity index (χ1v) is 7.29. The van der Waals surface area contributed by atoms with E-state index in [1.54, 1.807) is 6.07 Å². The molecule has 0 radical (unpaired) electrons. The number of carboxylic acid groups (broad SMARTS) is 1. The predicted molar refractivity (Wildman–Crippen MR) is 76.6 cm³/mol. The number of furan rings is 1. The van der Waals surface area contributed by atoms with E-state index in [0.717, 1.165) is 12.8 Å². The van der Waals surface area contributed by atoms with Crippen molar-refractivity contribution in [2.24, 2.45) is 0 Å². The summed E-state index contributed by atoms with van der Waals surface area (Å²) >= 11 is 0. The maximum absolute atomic E-state index is 12.0. The Labute approximate surface area is 126 Å². The van der Waals surface area contributed by atoms with E-state index in [9.17, 15) is 9.59 Å².